The predicted molar refractivity (Wildman–Crippen MR) is 80.1 cm³/mol. The number of rotatable bonds is 6. The molecule has 0 atom stereocenters. The molecule has 0 aliphatic heterocycles. The molecule has 18 heavy (non-hydrogen) atoms. The van der Waals surface area contributed by atoms with Crippen LogP contribution in [0.3, 0.4) is 0 Å². The topological polar surface area (TPSA) is 38.5 Å². The standard InChI is InChI=1S/C14H22N2OS/c1-5-16(10(2)3)9-11-6-7-12(14(15)18)13(8-11)17-4/h6-8,10H,5,9H2,1-4H3,(H2,15,18). The summed E-state index contributed by atoms with van der Waals surface area (Å²) in [6, 6.07) is 6.53. The van der Waals surface area contributed by atoms with Crippen molar-refractivity contribution in [2.45, 2.75) is 33.4 Å². The van der Waals surface area contributed by atoms with Gasteiger partial charge in [0.05, 0.1) is 12.7 Å². The summed E-state index contributed by atoms with van der Waals surface area (Å²) in [5.41, 5.74) is 7.66. The van der Waals surface area contributed by atoms with E-state index in [0.29, 0.717) is 11.0 Å². The molecule has 0 radical (unpaired) electrons. The molecule has 0 bridgehead atoms. The van der Waals surface area contributed by atoms with Gasteiger partial charge in [0.15, 0.2) is 0 Å². The molecular formula is C14H22N2OS. The Labute approximate surface area is 115 Å². The number of methoxy groups -OCH3 is 1. The lowest BCUT2D eigenvalue weighted by atomic mass is 10.1. The molecule has 0 unspecified atom stereocenters. The van der Waals surface area contributed by atoms with Gasteiger partial charge in [-0.15, -0.1) is 0 Å². The SMILES string of the molecule is CCN(Cc1ccc(C(N)=S)c(OC)c1)C(C)C. The molecule has 1 aromatic carbocycles. The van der Waals surface area contributed by atoms with Crippen molar-refractivity contribution in [1.82, 2.24) is 4.90 Å². The summed E-state index contributed by atoms with van der Waals surface area (Å²) in [5, 5.41) is 0. The van der Waals surface area contributed by atoms with E-state index in [0.717, 1.165) is 24.4 Å². The van der Waals surface area contributed by atoms with Crippen molar-refractivity contribution in [2.75, 3.05) is 13.7 Å². The Balaban J connectivity index is 2.95. The normalized spacial score (nSPS) is 11.0. The maximum absolute atomic E-state index is 5.66. The van der Waals surface area contributed by atoms with E-state index in [2.05, 4.69) is 31.7 Å². The average molecular weight is 266 g/mol. The molecule has 1 rings (SSSR count). The molecule has 2 N–H and O–H groups in total. The van der Waals surface area contributed by atoms with Gasteiger partial charge < -0.3 is 10.5 Å². The summed E-state index contributed by atoms with van der Waals surface area (Å²) in [5.74, 6) is 0.750. The Morgan fingerprint density at radius 2 is 2.11 bits per heavy atom. The molecule has 0 heterocycles. The maximum Gasteiger partial charge on any atom is 0.129 e. The highest BCUT2D eigenvalue weighted by Crippen LogP contribution is 2.21. The van der Waals surface area contributed by atoms with Gasteiger partial charge in [0.2, 0.25) is 0 Å². The molecule has 0 fully saturated rings. The molecule has 1 aromatic rings. The number of nitrogens with zero attached hydrogens (tertiary/aromatic N) is 1. The first-order valence-electron chi connectivity index (χ1n) is 6.20. The van der Waals surface area contributed by atoms with E-state index in [9.17, 15) is 0 Å². The van der Waals surface area contributed by atoms with Gasteiger partial charge in [-0.3, -0.25) is 4.90 Å². The number of hydrogen-bond acceptors (Lipinski definition) is 3. The molecular weight excluding hydrogens is 244 g/mol. The second kappa shape index (κ2) is 6.71. The van der Waals surface area contributed by atoms with Gasteiger partial charge in [-0.05, 0) is 38.1 Å². The Morgan fingerprint density at radius 1 is 1.44 bits per heavy atom. The minimum Gasteiger partial charge on any atom is -0.496 e. The molecule has 4 heteroatoms. The van der Waals surface area contributed by atoms with Crippen LogP contribution in [0.15, 0.2) is 18.2 Å². The number of nitrogens with two attached hydrogens (primary N) is 1. The molecule has 0 saturated heterocycles. The van der Waals surface area contributed by atoms with Crippen molar-refractivity contribution in [3.8, 4) is 5.75 Å². The fourth-order valence-corrected chi connectivity index (χ4v) is 2.10. The van der Waals surface area contributed by atoms with E-state index >= 15 is 0 Å². The molecule has 0 amide bonds. The smallest absolute Gasteiger partial charge is 0.129 e. The van der Waals surface area contributed by atoms with E-state index in [1.807, 2.05) is 12.1 Å². The van der Waals surface area contributed by atoms with Gasteiger partial charge in [0.1, 0.15) is 10.7 Å². The van der Waals surface area contributed by atoms with Crippen LogP contribution >= 0.6 is 12.2 Å². The molecule has 100 valence electrons. The van der Waals surface area contributed by atoms with Crippen molar-refractivity contribution < 1.29 is 4.74 Å². The van der Waals surface area contributed by atoms with Gasteiger partial charge in [0.25, 0.3) is 0 Å². The van der Waals surface area contributed by atoms with Crippen LogP contribution in [0.2, 0.25) is 0 Å². The van der Waals surface area contributed by atoms with Crippen LogP contribution in [-0.2, 0) is 6.54 Å². The quantitative estimate of drug-likeness (QED) is 0.803. The number of thiocarbonyl (C=S) groups is 1. The molecule has 0 saturated carbocycles. The number of hydrogen-bond donors (Lipinski definition) is 1. The molecule has 0 spiro atoms. The highest BCUT2D eigenvalue weighted by Gasteiger charge is 2.11. The first-order chi connectivity index (χ1) is 8.49. The van der Waals surface area contributed by atoms with Gasteiger partial charge in [-0.2, -0.15) is 0 Å². The van der Waals surface area contributed by atoms with E-state index < -0.39 is 0 Å². The van der Waals surface area contributed by atoms with Gasteiger partial charge in [-0.1, -0.05) is 25.2 Å². The van der Waals surface area contributed by atoms with Gasteiger partial charge in [0, 0.05) is 12.6 Å². The first kappa shape index (κ1) is 14.9. The third-order valence-electron chi connectivity index (χ3n) is 3.05. The van der Waals surface area contributed by atoms with Crippen LogP contribution in [0, 0.1) is 0 Å². The van der Waals surface area contributed by atoms with Crippen molar-refractivity contribution in [3.63, 3.8) is 0 Å². The minimum absolute atomic E-state index is 0.370. The van der Waals surface area contributed by atoms with Crippen LogP contribution in [0.1, 0.15) is 31.9 Å². The fourth-order valence-electron chi connectivity index (χ4n) is 1.93. The fraction of sp³-hybridized carbons (Fsp3) is 0.500. The van der Waals surface area contributed by atoms with Crippen molar-refractivity contribution >= 4 is 17.2 Å². The van der Waals surface area contributed by atoms with Crippen molar-refractivity contribution in [1.29, 1.82) is 0 Å². The van der Waals surface area contributed by atoms with E-state index in [1.165, 1.54) is 5.56 Å². The lowest BCUT2D eigenvalue weighted by molar-refractivity contribution is 0.224. The second-order valence-corrected chi connectivity index (χ2v) is 5.00. The van der Waals surface area contributed by atoms with Crippen molar-refractivity contribution in [3.05, 3.63) is 29.3 Å². The Kier molecular flexibility index (Phi) is 5.56. The summed E-state index contributed by atoms with van der Waals surface area (Å²) < 4.78 is 5.34. The summed E-state index contributed by atoms with van der Waals surface area (Å²) in [6.07, 6.45) is 0. The van der Waals surface area contributed by atoms with E-state index in [-0.39, 0.29) is 0 Å². The number of ether oxygens (including phenoxy) is 1. The monoisotopic (exact) mass is 266 g/mol. The Morgan fingerprint density at radius 3 is 2.56 bits per heavy atom. The summed E-state index contributed by atoms with van der Waals surface area (Å²) in [4.78, 5) is 2.75. The van der Waals surface area contributed by atoms with Crippen LogP contribution in [-0.4, -0.2) is 29.6 Å². The zero-order chi connectivity index (χ0) is 13.7. The van der Waals surface area contributed by atoms with Crippen LogP contribution in [0.25, 0.3) is 0 Å². The van der Waals surface area contributed by atoms with E-state index in [1.54, 1.807) is 7.11 Å². The zero-order valence-electron chi connectivity index (χ0n) is 11.6. The van der Waals surface area contributed by atoms with Crippen LogP contribution in [0.5, 0.6) is 5.75 Å². The third-order valence-corrected chi connectivity index (χ3v) is 3.27. The lowest BCUT2D eigenvalue weighted by Gasteiger charge is -2.25. The Bertz CT molecular complexity index is 418. The summed E-state index contributed by atoms with van der Waals surface area (Å²) in [6.45, 7) is 8.49. The maximum atomic E-state index is 5.66. The third kappa shape index (κ3) is 3.68. The molecule has 0 aliphatic rings. The zero-order valence-corrected chi connectivity index (χ0v) is 12.4. The van der Waals surface area contributed by atoms with Gasteiger partial charge in [-0.25, -0.2) is 0 Å². The number of benzene rings is 1. The highest BCUT2D eigenvalue weighted by atomic mass is 32.1. The van der Waals surface area contributed by atoms with Crippen LogP contribution < -0.4 is 10.5 Å². The second-order valence-electron chi connectivity index (χ2n) is 4.56. The lowest BCUT2D eigenvalue weighted by Crippen LogP contribution is -2.30. The summed E-state index contributed by atoms with van der Waals surface area (Å²) in [7, 11) is 1.64. The average Bonchev–Trinajstić information content (AvgIpc) is 2.34. The largest absolute Gasteiger partial charge is 0.496 e. The summed E-state index contributed by atoms with van der Waals surface area (Å²) >= 11 is 5.00. The van der Waals surface area contributed by atoms with E-state index in [4.69, 9.17) is 22.7 Å². The van der Waals surface area contributed by atoms with Crippen molar-refractivity contribution in [2.24, 2.45) is 5.73 Å². The predicted octanol–water partition coefficient (Wildman–Crippen LogP) is 2.56. The molecule has 0 aromatic heterocycles. The van der Waals surface area contributed by atoms with Crippen LogP contribution in [0.4, 0.5) is 0 Å². The first-order valence-corrected chi connectivity index (χ1v) is 6.61. The molecule has 3 nitrogen and oxygen atoms in total. The minimum atomic E-state index is 0.370. The molecule has 0 aliphatic carbocycles. The highest BCUT2D eigenvalue weighted by molar-refractivity contribution is 7.80. The Hall–Kier alpha value is -1.13. The van der Waals surface area contributed by atoms with Gasteiger partial charge >= 0.3 is 0 Å².